The molecular weight excluding hydrogens is 229 g/mol. The maximum absolute atomic E-state index is 11.6. The predicted molar refractivity (Wildman–Crippen MR) is 40.1 cm³/mol. The first-order valence-corrected chi connectivity index (χ1v) is 6.10. The summed E-state index contributed by atoms with van der Waals surface area (Å²) in [7, 11) is -7.46. The molecule has 0 atom stereocenters. The second kappa shape index (κ2) is 4.20. The Bertz CT molecular complexity index is 282. The molecule has 0 fully saturated rings. The van der Waals surface area contributed by atoms with Crippen LogP contribution in [0, 0.1) is 0 Å². The summed E-state index contributed by atoms with van der Waals surface area (Å²) in [5.41, 5.74) is -5.39. The molecule has 0 amide bonds. The molecule has 0 aliphatic rings. The Labute approximate surface area is 75.1 Å². The molecule has 0 aromatic rings. The van der Waals surface area contributed by atoms with Crippen LogP contribution in [0.3, 0.4) is 0 Å². The molecule has 78 valence electrons. The normalized spacial score (nSPS) is 13.8. The van der Waals surface area contributed by atoms with Gasteiger partial charge in [-0.15, -0.1) is 0 Å². The summed E-state index contributed by atoms with van der Waals surface area (Å²) >= 11 is 0. The highest BCUT2D eigenvalue weighted by molar-refractivity contribution is 7.88. The molecule has 0 aliphatic carbocycles. The third-order valence-electron chi connectivity index (χ3n) is 0.976. The van der Waals surface area contributed by atoms with Crippen molar-refractivity contribution in [1.82, 2.24) is 0 Å². The smallest absolute Gasteiger partial charge is 0.316 e. The second-order valence-electron chi connectivity index (χ2n) is 2.17. The number of carbonyl (C=O) groups is 1. The minimum atomic E-state index is -5.48. The van der Waals surface area contributed by atoms with Crippen molar-refractivity contribution in [3.63, 3.8) is 0 Å². The summed E-state index contributed by atoms with van der Waals surface area (Å²) in [6, 6.07) is -0.227. The fourth-order valence-electron chi connectivity index (χ4n) is 0.362. The van der Waals surface area contributed by atoms with Gasteiger partial charge in [0.1, 0.15) is 5.78 Å². The van der Waals surface area contributed by atoms with Gasteiger partial charge in [0.15, 0.2) is 9.76 Å². The first-order valence-electron chi connectivity index (χ1n) is 3.12. The van der Waals surface area contributed by atoms with Crippen molar-refractivity contribution in [3.8, 4) is 0 Å². The van der Waals surface area contributed by atoms with Gasteiger partial charge in [0, 0.05) is 6.04 Å². The van der Waals surface area contributed by atoms with Crippen molar-refractivity contribution in [2.24, 2.45) is 0 Å². The third kappa shape index (κ3) is 4.38. The van der Waals surface area contributed by atoms with Crippen LogP contribution in [-0.4, -0.2) is 29.5 Å². The zero-order chi connectivity index (χ0) is 10.7. The second-order valence-corrected chi connectivity index (χ2v) is 5.40. The molecule has 0 rings (SSSR count). The zero-order valence-corrected chi connectivity index (χ0v) is 8.82. The summed E-state index contributed by atoms with van der Waals surface area (Å²) in [4.78, 5) is 10.3. The standard InChI is InChI=1S/C4H7F3O4SSi/c1-3(8)2-13-11-12(9,10)4(5,6)7/h2,13H2,1H3. The van der Waals surface area contributed by atoms with Gasteiger partial charge in [-0.1, -0.05) is 0 Å². The summed E-state index contributed by atoms with van der Waals surface area (Å²) in [6.07, 6.45) is 0. The fourth-order valence-corrected chi connectivity index (χ4v) is 2.39. The van der Waals surface area contributed by atoms with Gasteiger partial charge in [0.2, 0.25) is 0 Å². The number of rotatable bonds is 4. The van der Waals surface area contributed by atoms with Crippen LogP contribution in [0.2, 0.25) is 6.04 Å². The van der Waals surface area contributed by atoms with Crippen LogP contribution in [-0.2, 0) is 18.8 Å². The Hall–Kier alpha value is -0.413. The van der Waals surface area contributed by atoms with Crippen molar-refractivity contribution >= 4 is 25.7 Å². The third-order valence-corrected chi connectivity index (χ3v) is 4.36. The van der Waals surface area contributed by atoms with E-state index in [4.69, 9.17) is 0 Å². The van der Waals surface area contributed by atoms with Crippen LogP contribution in [0.5, 0.6) is 0 Å². The molecule has 13 heavy (non-hydrogen) atoms. The van der Waals surface area contributed by atoms with E-state index >= 15 is 0 Å². The van der Waals surface area contributed by atoms with Crippen LogP contribution in [0.4, 0.5) is 13.2 Å². The van der Waals surface area contributed by atoms with Crippen molar-refractivity contribution < 1.29 is 30.3 Å². The van der Waals surface area contributed by atoms with Crippen LogP contribution in [0.15, 0.2) is 0 Å². The Morgan fingerprint density at radius 3 is 2.23 bits per heavy atom. The van der Waals surface area contributed by atoms with Crippen LogP contribution >= 0.6 is 0 Å². The van der Waals surface area contributed by atoms with Crippen molar-refractivity contribution in [2.75, 3.05) is 0 Å². The molecule has 0 unspecified atom stereocenters. The maximum atomic E-state index is 11.6. The Kier molecular flexibility index (Phi) is 4.07. The topological polar surface area (TPSA) is 60.4 Å². The molecule has 0 aliphatic heterocycles. The molecule has 0 radical (unpaired) electrons. The fraction of sp³-hybridized carbons (Fsp3) is 0.750. The lowest BCUT2D eigenvalue weighted by molar-refractivity contribution is -0.115. The molecule has 0 spiro atoms. The summed E-state index contributed by atoms with van der Waals surface area (Å²) < 4.78 is 58.8. The molecular formula is C4H7F3O4SSi. The molecule has 0 saturated heterocycles. The number of ketones is 1. The summed E-state index contributed by atoms with van der Waals surface area (Å²) in [5, 5.41) is 0. The average Bonchev–Trinajstić information content (AvgIpc) is 1.82. The van der Waals surface area contributed by atoms with E-state index < -0.39 is 25.4 Å². The van der Waals surface area contributed by atoms with Gasteiger partial charge in [-0.2, -0.15) is 21.6 Å². The molecule has 0 saturated carbocycles. The Morgan fingerprint density at radius 1 is 1.46 bits per heavy atom. The lowest BCUT2D eigenvalue weighted by Crippen LogP contribution is -2.27. The highest BCUT2D eigenvalue weighted by Gasteiger charge is 2.46. The van der Waals surface area contributed by atoms with E-state index in [0.29, 0.717) is 0 Å². The molecule has 4 nitrogen and oxygen atoms in total. The number of Topliss-reactive ketones (excluding diaryl/α,β-unsaturated/α-hetero) is 1. The SMILES string of the molecule is CC(=O)C[SiH2]OS(=O)(=O)C(F)(F)F. The molecule has 0 N–H and O–H groups in total. The van der Waals surface area contributed by atoms with Gasteiger partial charge in [0.25, 0.3) is 0 Å². The van der Waals surface area contributed by atoms with E-state index in [1.807, 2.05) is 0 Å². The lowest BCUT2D eigenvalue weighted by Gasteiger charge is -2.06. The van der Waals surface area contributed by atoms with Gasteiger partial charge in [-0.05, 0) is 6.92 Å². The zero-order valence-electron chi connectivity index (χ0n) is 6.59. The van der Waals surface area contributed by atoms with E-state index in [2.05, 4.69) is 3.87 Å². The largest absolute Gasteiger partial charge is 0.522 e. The number of carbonyl (C=O) groups excluding carboxylic acids is 1. The highest BCUT2D eigenvalue weighted by Crippen LogP contribution is 2.24. The predicted octanol–water partition coefficient (Wildman–Crippen LogP) is -0.0563. The Balaban J connectivity index is 4.15. The van der Waals surface area contributed by atoms with E-state index in [0.717, 1.165) is 6.92 Å². The van der Waals surface area contributed by atoms with E-state index in [-0.39, 0.29) is 11.8 Å². The number of halogens is 3. The minimum absolute atomic E-state index is 0.227. The molecule has 0 aromatic carbocycles. The average molecular weight is 236 g/mol. The van der Waals surface area contributed by atoms with Crippen molar-refractivity contribution in [3.05, 3.63) is 0 Å². The van der Waals surface area contributed by atoms with Crippen molar-refractivity contribution in [2.45, 2.75) is 18.5 Å². The first-order chi connectivity index (χ1) is 5.67. The van der Waals surface area contributed by atoms with Gasteiger partial charge in [-0.3, -0.25) is 0 Å². The Morgan fingerprint density at radius 2 is 1.92 bits per heavy atom. The van der Waals surface area contributed by atoms with Crippen LogP contribution < -0.4 is 0 Å². The van der Waals surface area contributed by atoms with Gasteiger partial charge < -0.3 is 8.67 Å². The van der Waals surface area contributed by atoms with Crippen LogP contribution in [0.1, 0.15) is 6.92 Å². The summed E-state index contributed by atoms with van der Waals surface area (Å²) in [5.74, 6) is -0.385. The van der Waals surface area contributed by atoms with Crippen LogP contribution in [0.25, 0.3) is 0 Å². The quantitative estimate of drug-likeness (QED) is 0.507. The van der Waals surface area contributed by atoms with E-state index in [1.54, 1.807) is 0 Å². The number of alkyl halides is 3. The van der Waals surface area contributed by atoms with Gasteiger partial charge in [-0.25, -0.2) is 0 Å². The summed E-state index contributed by atoms with van der Waals surface area (Å²) in [6.45, 7) is 1.15. The van der Waals surface area contributed by atoms with Gasteiger partial charge >= 0.3 is 15.6 Å². The molecule has 0 heterocycles. The van der Waals surface area contributed by atoms with E-state index in [1.165, 1.54) is 0 Å². The molecule has 9 heteroatoms. The number of hydrogen-bond acceptors (Lipinski definition) is 4. The minimum Gasteiger partial charge on any atom is -0.316 e. The highest BCUT2D eigenvalue weighted by atomic mass is 32.2. The molecule has 0 bridgehead atoms. The monoisotopic (exact) mass is 236 g/mol. The maximum Gasteiger partial charge on any atom is 0.522 e. The first kappa shape index (κ1) is 12.6. The van der Waals surface area contributed by atoms with Gasteiger partial charge in [0.05, 0.1) is 0 Å². The molecule has 0 aromatic heterocycles. The van der Waals surface area contributed by atoms with E-state index in [9.17, 15) is 26.4 Å². The number of hydrogen-bond donors (Lipinski definition) is 0. The van der Waals surface area contributed by atoms with Crippen molar-refractivity contribution in [1.29, 1.82) is 0 Å². The lowest BCUT2D eigenvalue weighted by atomic mass is 10.5.